The van der Waals surface area contributed by atoms with Crippen LogP contribution in [0.25, 0.3) is 10.9 Å². The molecule has 0 radical (unpaired) electrons. The van der Waals surface area contributed by atoms with E-state index in [1.54, 1.807) is 20.0 Å². The molecule has 3 aromatic carbocycles. The van der Waals surface area contributed by atoms with Crippen molar-refractivity contribution in [1.82, 2.24) is 15.2 Å². The first-order valence-electron chi connectivity index (χ1n) is 14.3. The minimum atomic E-state index is -3.20. The van der Waals surface area contributed by atoms with E-state index in [1.807, 2.05) is 24.3 Å². The van der Waals surface area contributed by atoms with Gasteiger partial charge >= 0.3 is 11.9 Å². The summed E-state index contributed by atoms with van der Waals surface area (Å²) in [7, 11) is 1.61. The second-order valence-corrected chi connectivity index (χ2v) is 10.5. The third-order valence-electron chi connectivity index (χ3n) is 6.99. The van der Waals surface area contributed by atoms with Crippen molar-refractivity contribution in [3.63, 3.8) is 0 Å². The van der Waals surface area contributed by atoms with Gasteiger partial charge in [0.25, 0.3) is 0 Å². The number of aliphatic hydroxyl groups is 4. The maximum absolute atomic E-state index is 12.8. The van der Waals surface area contributed by atoms with Crippen molar-refractivity contribution >= 4 is 35.0 Å². The molecule has 2 aliphatic rings. The predicted molar refractivity (Wildman–Crippen MR) is 168 cm³/mol. The molecule has 13 nitrogen and oxygen atoms in total. The average Bonchev–Trinajstić information content (AvgIpc) is 3.03. The molecule has 1 fully saturated rings. The summed E-state index contributed by atoms with van der Waals surface area (Å²) in [6.45, 7) is 6.91. The number of aryl methyl sites for hydroxylation is 1. The summed E-state index contributed by atoms with van der Waals surface area (Å²) >= 11 is 0. The van der Waals surface area contributed by atoms with Gasteiger partial charge < -0.3 is 45.9 Å². The van der Waals surface area contributed by atoms with Gasteiger partial charge in [0, 0.05) is 56.4 Å². The molecule has 0 unspecified atom stereocenters. The largest absolute Gasteiger partial charge is 0.428 e. The Bertz CT molecular complexity index is 1660. The van der Waals surface area contributed by atoms with Gasteiger partial charge in [-0.1, -0.05) is 12.1 Å². The molecule has 0 saturated carbocycles. The van der Waals surface area contributed by atoms with E-state index in [0.717, 1.165) is 61.2 Å². The minimum absolute atomic E-state index is 0.0179. The molecule has 6 rings (SSSR count). The van der Waals surface area contributed by atoms with E-state index in [9.17, 15) is 14.0 Å². The Morgan fingerprint density at radius 1 is 0.935 bits per heavy atom. The molecule has 46 heavy (non-hydrogen) atoms. The van der Waals surface area contributed by atoms with Gasteiger partial charge in [-0.3, -0.25) is 19.5 Å². The lowest BCUT2D eigenvalue weighted by molar-refractivity contribution is -0.500. The fraction of sp³-hybridized carbons (Fsp3) is 0.281. The molecule has 0 atom stereocenters. The number of aldehydes is 1. The highest BCUT2D eigenvalue weighted by atomic mass is 19.1. The molecular formula is C32H36FN5O8. The van der Waals surface area contributed by atoms with Gasteiger partial charge in [-0.15, -0.1) is 0 Å². The van der Waals surface area contributed by atoms with Crippen LogP contribution < -0.4 is 25.4 Å². The number of pyridine rings is 1. The topological polar surface area (TPSA) is 186 Å². The molecule has 0 aliphatic carbocycles. The summed E-state index contributed by atoms with van der Waals surface area (Å²) in [4.78, 5) is 27.9. The minimum Gasteiger partial charge on any atom is -0.428 e. The number of hydrogen-bond donors (Lipinski definition) is 7. The molecule has 244 valence electrons. The predicted octanol–water partition coefficient (Wildman–Crippen LogP) is 1.93. The summed E-state index contributed by atoms with van der Waals surface area (Å²) in [6, 6.07) is 18.6. The van der Waals surface area contributed by atoms with Crippen molar-refractivity contribution < 1.29 is 43.9 Å². The van der Waals surface area contributed by atoms with Crippen LogP contribution in [0.15, 0.2) is 66.7 Å². The van der Waals surface area contributed by atoms with Crippen LogP contribution in [0, 0.1) is 12.7 Å². The van der Waals surface area contributed by atoms with Crippen molar-refractivity contribution in [3.05, 3.63) is 89.4 Å². The van der Waals surface area contributed by atoms with Gasteiger partial charge in [-0.05, 0) is 67.1 Å². The number of anilines is 2. The fourth-order valence-corrected chi connectivity index (χ4v) is 4.54. The van der Waals surface area contributed by atoms with Crippen LogP contribution in [0.4, 0.5) is 15.8 Å². The lowest BCUT2D eigenvalue weighted by Gasteiger charge is -2.37. The van der Waals surface area contributed by atoms with E-state index >= 15 is 0 Å². The zero-order valence-corrected chi connectivity index (χ0v) is 25.2. The molecule has 0 bridgehead atoms. The van der Waals surface area contributed by atoms with Crippen molar-refractivity contribution in [2.24, 2.45) is 0 Å². The van der Waals surface area contributed by atoms with E-state index in [1.165, 1.54) is 30.3 Å². The van der Waals surface area contributed by atoms with Gasteiger partial charge in [0.15, 0.2) is 11.5 Å². The number of amides is 1. The lowest BCUT2D eigenvalue weighted by atomic mass is 10.1. The Balaban J connectivity index is 0.000000161. The molecular weight excluding hydrogens is 601 g/mol. The van der Waals surface area contributed by atoms with Gasteiger partial charge in [-0.25, -0.2) is 4.39 Å². The standard InChI is InChI=1S/C15H17N3O.C9H10O6.C8H9FN2O/c19-11-12-1-4-15-13(9-12)2-3-14(17-15)10-18-7-5-16-6-8-18;1-5-2-3-6-7(4-5)15-9(12,13)8(10,11)14-6;1-10-8-4-6(11-5-12)2-3-7(8)9/h1-4,9,11,16H,5-8,10H2;2-4,10-13H,1H3;2-5,10H,1H3,(H,11,12). The molecule has 1 amide bonds. The van der Waals surface area contributed by atoms with Gasteiger partial charge in [-0.2, -0.15) is 0 Å². The van der Waals surface area contributed by atoms with E-state index in [-0.39, 0.29) is 17.3 Å². The highest BCUT2D eigenvalue weighted by molar-refractivity contribution is 5.86. The summed E-state index contributed by atoms with van der Waals surface area (Å²) in [5.41, 5.74) is 4.48. The molecule has 0 spiro atoms. The number of carbonyl (C=O) groups is 2. The Labute approximate surface area is 264 Å². The number of halogens is 1. The highest BCUT2D eigenvalue weighted by Crippen LogP contribution is 2.39. The van der Waals surface area contributed by atoms with Crippen LogP contribution in [-0.2, 0) is 11.3 Å². The van der Waals surface area contributed by atoms with Crippen LogP contribution in [0.5, 0.6) is 11.5 Å². The normalized spacial score (nSPS) is 16.2. The Hall–Kier alpha value is -4.70. The second kappa shape index (κ2) is 15.1. The monoisotopic (exact) mass is 637 g/mol. The number of rotatable bonds is 6. The van der Waals surface area contributed by atoms with Crippen LogP contribution in [-0.4, -0.2) is 88.2 Å². The van der Waals surface area contributed by atoms with Crippen molar-refractivity contribution in [2.45, 2.75) is 25.4 Å². The van der Waals surface area contributed by atoms with Crippen molar-refractivity contribution in [3.8, 4) is 11.5 Å². The van der Waals surface area contributed by atoms with Crippen LogP contribution >= 0.6 is 0 Å². The summed E-state index contributed by atoms with van der Waals surface area (Å²) in [5, 5.41) is 46.0. The number of piperazine rings is 1. The van der Waals surface area contributed by atoms with E-state index < -0.39 is 11.9 Å². The van der Waals surface area contributed by atoms with Crippen LogP contribution in [0.1, 0.15) is 21.6 Å². The Morgan fingerprint density at radius 2 is 1.65 bits per heavy atom. The number of fused-ring (bicyclic) bond motifs is 2. The second-order valence-electron chi connectivity index (χ2n) is 10.5. The zero-order valence-electron chi connectivity index (χ0n) is 25.2. The first-order chi connectivity index (χ1) is 21.9. The molecule has 1 aromatic heterocycles. The SMILES string of the molecule is CNc1cc(NC=O)ccc1F.Cc1ccc2c(c1)OC(O)(O)C(O)(O)O2.O=Cc1ccc2nc(CN3CCNCC3)ccc2c1. The summed E-state index contributed by atoms with van der Waals surface area (Å²) in [6.07, 6.45) is 1.42. The molecule has 2 aliphatic heterocycles. The van der Waals surface area contributed by atoms with Gasteiger partial charge in [0.05, 0.1) is 16.9 Å². The number of nitrogens with zero attached hydrogens (tertiary/aromatic N) is 2. The molecule has 4 aromatic rings. The van der Waals surface area contributed by atoms with E-state index in [0.29, 0.717) is 23.3 Å². The number of ether oxygens (including phenoxy) is 2. The van der Waals surface area contributed by atoms with Gasteiger partial charge in [0.1, 0.15) is 12.1 Å². The first-order valence-corrected chi connectivity index (χ1v) is 14.3. The molecule has 7 N–H and O–H groups in total. The van der Waals surface area contributed by atoms with Crippen LogP contribution in [0.2, 0.25) is 0 Å². The smallest absolute Gasteiger partial charge is 0.422 e. The Kier molecular flexibility index (Phi) is 11.2. The number of hydrogen-bond acceptors (Lipinski definition) is 12. The molecule has 1 saturated heterocycles. The highest BCUT2D eigenvalue weighted by Gasteiger charge is 2.57. The summed E-state index contributed by atoms with van der Waals surface area (Å²) < 4.78 is 22.0. The number of nitrogens with one attached hydrogen (secondary N) is 3. The summed E-state index contributed by atoms with van der Waals surface area (Å²) in [5.74, 6) is -6.69. The van der Waals surface area contributed by atoms with E-state index in [4.69, 9.17) is 20.4 Å². The van der Waals surface area contributed by atoms with Crippen LogP contribution in [0.3, 0.4) is 0 Å². The molecule has 3 heterocycles. The zero-order chi connectivity index (χ0) is 33.3. The molecule has 14 heteroatoms. The first kappa shape index (κ1) is 34.2. The lowest BCUT2D eigenvalue weighted by Crippen LogP contribution is -2.63. The fourth-order valence-electron chi connectivity index (χ4n) is 4.54. The van der Waals surface area contributed by atoms with Gasteiger partial charge in [0.2, 0.25) is 6.41 Å². The quantitative estimate of drug-likeness (QED) is 0.121. The maximum Gasteiger partial charge on any atom is 0.422 e. The Morgan fingerprint density at radius 3 is 2.33 bits per heavy atom. The number of carbonyl (C=O) groups excluding carboxylic acids is 2. The number of benzene rings is 3. The maximum atomic E-state index is 12.8. The van der Waals surface area contributed by atoms with E-state index in [2.05, 4.69) is 41.4 Å². The van der Waals surface area contributed by atoms with Crippen molar-refractivity contribution in [1.29, 1.82) is 0 Å². The van der Waals surface area contributed by atoms with Crippen molar-refractivity contribution in [2.75, 3.05) is 43.9 Å². The number of aromatic nitrogens is 1. The third kappa shape index (κ3) is 8.72. The average molecular weight is 638 g/mol. The third-order valence-corrected chi connectivity index (χ3v) is 6.99.